The topological polar surface area (TPSA) is 56.8 Å². The Balaban J connectivity index is 1.93. The second-order valence-electron chi connectivity index (χ2n) is 5.86. The number of methoxy groups -OCH3 is 3. The molecule has 1 N–H and O–H groups in total. The van der Waals surface area contributed by atoms with Crippen molar-refractivity contribution in [3.63, 3.8) is 0 Å². The Bertz CT molecular complexity index is 715. The number of hydrogen-bond donors (Lipinski definition) is 1. The first-order valence-corrected chi connectivity index (χ1v) is 8.19. The van der Waals surface area contributed by atoms with Crippen LogP contribution >= 0.6 is 0 Å². The Hall–Kier alpha value is -2.69. The molecule has 0 saturated heterocycles. The molecular formula is C20H25NO4. The van der Waals surface area contributed by atoms with Gasteiger partial charge in [0.2, 0.25) is 5.91 Å². The van der Waals surface area contributed by atoms with Crippen LogP contribution in [0.1, 0.15) is 18.1 Å². The molecule has 0 aliphatic rings. The van der Waals surface area contributed by atoms with E-state index in [1.807, 2.05) is 49.4 Å². The average Bonchev–Trinajstić information content (AvgIpc) is 2.65. The summed E-state index contributed by atoms with van der Waals surface area (Å²) in [6, 6.07) is 13.4. The zero-order valence-corrected chi connectivity index (χ0v) is 15.2. The van der Waals surface area contributed by atoms with Crippen LogP contribution in [-0.2, 0) is 17.8 Å². The first-order valence-electron chi connectivity index (χ1n) is 8.19. The van der Waals surface area contributed by atoms with E-state index in [0.717, 1.165) is 16.9 Å². The van der Waals surface area contributed by atoms with Gasteiger partial charge in [0.1, 0.15) is 5.75 Å². The van der Waals surface area contributed by atoms with Crippen molar-refractivity contribution in [1.82, 2.24) is 5.32 Å². The lowest BCUT2D eigenvalue weighted by molar-refractivity contribution is -0.124. The van der Waals surface area contributed by atoms with Gasteiger partial charge < -0.3 is 19.5 Å². The zero-order valence-electron chi connectivity index (χ0n) is 15.2. The van der Waals surface area contributed by atoms with Crippen LogP contribution in [0.5, 0.6) is 17.2 Å². The molecule has 0 heterocycles. The fourth-order valence-electron chi connectivity index (χ4n) is 2.60. The van der Waals surface area contributed by atoms with E-state index < -0.39 is 0 Å². The molecule has 0 bridgehead atoms. The normalized spacial score (nSPS) is 11.5. The van der Waals surface area contributed by atoms with E-state index in [-0.39, 0.29) is 11.8 Å². The smallest absolute Gasteiger partial charge is 0.223 e. The molecule has 0 spiro atoms. The average molecular weight is 343 g/mol. The summed E-state index contributed by atoms with van der Waals surface area (Å²) in [5.41, 5.74) is 2.03. The molecule has 1 unspecified atom stereocenters. The highest BCUT2D eigenvalue weighted by Crippen LogP contribution is 2.28. The van der Waals surface area contributed by atoms with Crippen LogP contribution in [0.4, 0.5) is 0 Å². The Kier molecular flexibility index (Phi) is 6.69. The van der Waals surface area contributed by atoms with Gasteiger partial charge in [0.05, 0.1) is 21.3 Å². The molecule has 1 amide bonds. The minimum atomic E-state index is -0.149. The Morgan fingerprint density at radius 2 is 1.72 bits per heavy atom. The molecule has 0 radical (unpaired) electrons. The monoisotopic (exact) mass is 343 g/mol. The number of benzene rings is 2. The molecule has 5 heteroatoms. The number of ether oxygens (including phenoxy) is 3. The Labute approximate surface area is 148 Å². The van der Waals surface area contributed by atoms with Crippen molar-refractivity contribution in [2.45, 2.75) is 19.9 Å². The minimum Gasteiger partial charge on any atom is -0.497 e. The second-order valence-corrected chi connectivity index (χ2v) is 5.86. The minimum absolute atomic E-state index is 0.0117. The summed E-state index contributed by atoms with van der Waals surface area (Å²) in [6.45, 7) is 2.39. The van der Waals surface area contributed by atoms with Gasteiger partial charge in [-0.1, -0.05) is 25.1 Å². The Morgan fingerprint density at radius 3 is 2.40 bits per heavy atom. The molecule has 0 saturated carbocycles. The highest BCUT2D eigenvalue weighted by atomic mass is 16.5. The van der Waals surface area contributed by atoms with E-state index in [0.29, 0.717) is 24.5 Å². The van der Waals surface area contributed by atoms with Crippen LogP contribution in [0, 0.1) is 5.92 Å². The standard InChI is InChI=1S/C20H25NO4/c1-14(10-15-8-9-18(24-3)19(12-15)25-4)20(22)21-13-16-6-5-7-17(11-16)23-2/h5-9,11-12,14H,10,13H2,1-4H3,(H,21,22). The number of carbonyl (C=O) groups is 1. The maximum atomic E-state index is 12.4. The first kappa shape index (κ1) is 18.6. The number of amides is 1. The number of hydrogen-bond acceptors (Lipinski definition) is 4. The number of rotatable bonds is 8. The third-order valence-electron chi connectivity index (χ3n) is 4.04. The highest BCUT2D eigenvalue weighted by molar-refractivity contribution is 5.78. The SMILES string of the molecule is COc1cccc(CNC(=O)C(C)Cc2ccc(OC)c(OC)c2)c1. The fourth-order valence-corrected chi connectivity index (χ4v) is 2.60. The van der Waals surface area contributed by atoms with Crippen LogP contribution in [-0.4, -0.2) is 27.2 Å². The fraction of sp³-hybridized carbons (Fsp3) is 0.350. The summed E-state index contributed by atoms with van der Waals surface area (Å²) in [5, 5.41) is 2.97. The molecule has 0 aromatic heterocycles. The summed E-state index contributed by atoms with van der Waals surface area (Å²) >= 11 is 0. The summed E-state index contributed by atoms with van der Waals surface area (Å²) in [6.07, 6.45) is 0.629. The van der Waals surface area contributed by atoms with Crippen LogP contribution in [0.3, 0.4) is 0 Å². The van der Waals surface area contributed by atoms with Gasteiger partial charge in [0.15, 0.2) is 11.5 Å². The van der Waals surface area contributed by atoms with Gasteiger partial charge >= 0.3 is 0 Å². The molecule has 2 rings (SSSR count). The highest BCUT2D eigenvalue weighted by Gasteiger charge is 2.15. The van der Waals surface area contributed by atoms with Gasteiger partial charge in [-0.15, -0.1) is 0 Å². The summed E-state index contributed by atoms with van der Waals surface area (Å²) in [4.78, 5) is 12.4. The van der Waals surface area contributed by atoms with Gasteiger partial charge in [0, 0.05) is 12.5 Å². The third kappa shape index (κ3) is 5.14. The van der Waals surface area contributed by atoms with Crippen LogP contribution in [0.15, 0.2) is 42.5 Å². The third-order valence-corrected chi connectivity index (χ3v) is 4.04. The predicted octanol–water partition coefficient (Wildman–Crippen LogP) is 3.21. The van der Waals surface area contributed by atoms with Crippen molar-refractivity contribution >= 4 is 5.91 Å². The molecule has 1 atom stereocenters. The lowest BCUT2D eigenvalue weighted by Crippen LogP contribution is -2.29. The molecule has 25 heavy (non-hydrogen) atoms. The maximum absolute atomic E-state index is 12.4. The van der Waals surface area contributed by atoms with Gasteiger partial charge in [-0.3, -0.25) is 4.79 Å². The lowest BCUT2D eigenvalue weighted by atomic mass is 10.00. The van der Waals surface area contributed by atoms with Crippen molar-refractivity contribution in [2.75, 3.05) is 21.3 Å². The molecule has 134 valence electrons. The van der Waals surface area contributed by atoms with Crippen molar-refractivity contribution in [3.8, 4) is 17.2 Å². The van der Waals surface area contributed by atoms with E-state index >= 15 is 0 Å². The first-order chi connectivity index (χ1) is 12.1. The van der Waals surface area contributed by atoms with Crippen LogP contribution < -0.4 is 19.5 Å². The zero-order chi connectivity index (χ0) is 18.2. The van der Waals surface area contributed by atoms with Crippen molar-refractivity contribution < 1.29 is 19.0 Å². The second kappa shape index (κ2) is 8.97. The van der Waals surface area contributed by atoms with Gasteiger partial charge in [-0.25, -0.2) is 0 Å². The molecule has 5 nitrogen and oxygen atoms in total. The molecule has 2 aromatic rings. The van der Waals surface area contributed by atoms with Gasteiger partial charge in [-0.05, 0) is 41.8 Å². The molecule has 0 aliphatic heterocycles. The maximum Gasteiger partial charge on any atom is 0.223 e. The van der Waals surface area contributed by atoms with E-state index in [1.165, 1.54) is 0 Å². The number of carbonyl (C=O) groups excluding carboxylic acids is 1. The van der Waals surface area contributed by atoms with Gasteiger partial charge in [0.25, 0.3) is 0 Å². The predicted molar refractivity (Wildman–Crippen MR) is 97.3 cm³/mol. The van der Waals surface area contributed by atoms with E-state index in [4.69, 9.17) is 14.2 Å². The van der Waals surface area contributed by atoms with Gasteiger partial charge in [-0.2, -0.15) is 0 Å². The van der Waals surface area contributed by atoms with Crippen LogP contribution in [0.2, 0.25) is 0 Å². The molecule has 2 aromatic carbocycles. The molecular weight excluding hydrogens is 318 g/mol. The summed E-state index contributed by atoms with van der Waals surface area (Å²) in [7, 11) is 4.83. The Morgan fingerprint density at radius 1 is 0.960 bits per heavy atom. The van der Waals surface area contributed by atoms with Crippen molar-refractivity contribution in [3.05, 3.63) is 53.6 Å². The summed E-state index contributed by atoms with van der Waals surface area (Å²) in [5.74, 6) is 2.00. The van der Waals surface area contributed by atoms with Crippen molar-refractivity contribution in [2.24, 2.45) is 5.92 Å². The van der Waals surface area contributed by atoms with E-state index in [9.17, 15) is 4.79 Å². The van der Waals surface area contributed by atoms with E-state index in [2.05, 4.69) is 5.32 Å². The van der Waals surface area contributed by atoms with Crippen LogP contribution in [0.25, 0.3) is 0 Å². The summed E-state index contributed by atoms with van der Waals surface area (Å²) < 4.78 is 15.7. The largest absolute Gasteiger partial charge is 0.497 e. The number of nitrogens with one attached hydrogen (secondary N) is 1. The molecule has 0 aliphatic carbocycles. The van der Waals surface area contributed by atoms with Crippen molar-refractivity contribution in [1.29, 1.82) is 0 Å². The molecule has 0 fully saturated rings. The lowest BCUT2D eigenvalue weighted by Gasteiger charge is -2.14. The van der Waals surface area contributed by atoms with E-state index in [1.54, 1.807) is 21.3 Å². The quantitative estimate of drug-likeness (QED) is 0.800.